The van der Waals surface area contributed by atoms with E-state index < -0.39 is 86.8 Å². The fourth-order valence-electron chi connectivity index (χ4n) is 8.87. The second kappa shape index (κ2) is 21.8. The number of nitrogens with zero attached hydrogens (tertiary/aromatic N) is 1. The SMILES string of the molecule is CCCC[C@]1(CC)CS(=O)(=O)c2ccc(N(C)C)cc2[C@@H](c2cccc(NC(=O)N[C@@H]3S[C@H](COC(=O)c4ccccc4)[C@@H](F)[C@H](OC(=O)c4ccccc4)[C@H]3OC(=O)c3ccccc3)c2)[C@H]1O. The molecule has 13 nitrogen and oxygen atoms in total. The number of unbranched alkanes of at least 4 members (excludes halogenated alkanes) is 1. The minimum Gasteiger partial charge on any atom is -0.461 e. The minimum absolute atomic E-state index is 0.0961. The fourth-order valence-corrected chi connectivity index (χ4v) is 12.5. The lowest BCUT2D eigenvalue weighted by atomic mass is 9.69. The molecular weight excluding hydrogens is 910 g/mol. The Morgan fingerprint density at radius 3 is 1.94 bits per heavy atom. The number of hydrogen-bond acceptors (Lipinski definition) is 12. The van der Waals surface area contributed by atoms with Gasteiger partial charge in [-0.2, -0.15) is 0 Å². The molecule has 1 fully saturated rings. The summed E-state index contributed by atoms with van der Waals surface area (Å²) in [6.45, 7) is 3.42. The highest BCUT2D eigenvalue weighted by Crippen LogP contribution is 2.50. The number of rotatable bonds is 15. The van der Waals surface area contributed by atoms with Crippen molar-refractivity contribution in [2.75, 3.05) is 36.7 Å². The Labute approximate surface area is 400 Å². The molecule has 0 aliphatic carbocycles. The minimum atomic E-state index is -3.86. The number of thioether (sulfide) groups is 1. The predicted molar refractivity (Wildman–Crippen MR) is 260 cm³/mol. The van der Waals surface area contributed by atoms with E-state index in [-0.39, 0.29) is 33.0 Å². The van der Waals surface area contributed by atoms with E-state index in [2.05, 4.69) is 10.6 Å². The summed E-state index contributed by atoms with van der Waals surface area (Å²) in [6, 6.07) is 35.0. The molecule has 8 atom stereocenters. The molecule has 5 aromatic rings. The van der Waals surface area contributed by atoms with Gasteiger partial charge in [0.1, 0.15) is 12.0 Å². The quantitative estimate of drug-likeness (QED) is 0.0672. The molecule has 1 saturated heterocycles. The molecule has 7 rings (SSSR count). The van der Waals surface area contributed by atoms with E-state index in [0.29, 0.717) is 30.4 Å². The van der Waals surface area contributed by atoms with Gasteiger partial charge in [-0.3, -0.25) is 0 Å². The molecule has 0 spiro atoms. The Hall–Kier alpha value is -6.23. The van der Waals surface area contributed by atoms with Crippen LogP contribution in [-0.2, 0) is 24.0 Å². The second-order valence-corrected chi connectivity index (χ2v) is 20.7. The van der Waals surface area contributed by atoms with Crippen molar-refractivity contribution < 1.29 is 51.3 Å². The molecule has 3 N–H and O–H groups in total. The van der Waals surface area contributed by atoms with Crippen LogP contribution in [0.3, 0.4) is 0 Å². The maximum absolute atomic E-state index is 17.0. The third kappa shape index (κ3) is 11.2. The highest BCUT2D eigenvalue weighted by atomic mass is 32.2. The number of alkyl halides is 1. The van der Waals surface area contributed by atoms with Crippen LogP contribution in [-0.4, -0.2) is 99.0 Å². The molecule has 0 saturated carbocycles. The number of carbonyl (C=O) groups is 4. The van der Waals surface area contributed by atoms with Crippen molar-refractivity contribution in [2.24, 2.45) is 5.41 Å². The third-order valence-corrected chi connectivity index (χ3v) is 16.0. The van der Waals surface area contributed by atoms with Gasteiger partial charge in [0.05, 0.1) is 38.7 Å². The maximum atomic E-state index is 17.0. The molecule has 68 heavy (non-hydrogen) atoms. The van der Waals surface area contributed by atoms with E-state index in [1.54, 1.807) is 109 Å². The first kappa shape index (κ1) is 49.7. The van der Waals surface area contributed by atoms with Crippen LogP contribution in [0.5, 0.6) is 0 Å². The second-order valence-electron chi connectivity index (χ2n) is 17.3. The number of hydrogen-bond donors (Lipinski definition) is 3. The molecule has 2 aliphatic rings. The monoisotopic (exact) mass is 965 g/mol. The number of ether oxygens (including phenoxy) is 3. The summed E-state index contributed by atoms with van der Waals surface area (Å²) in [4.78, 5) is 56.6. The first-order valence-electron chi connectivity index (χ1n) is 22.6. The van der Waals surface area contributed by atoms with Crippen molar-refractivity contribution in [3.05, 3.63) is 161 Å². The predicted octanol–water partition coefficient (Wildman–Crippen LogP) is 8.83. The number of sulfone groups is 1. The van der Waals surface area contributed by atoms with Crippen LogP contribution >= 0.6 is 11.8 Å². The van der Waals surface area contributed by atoms with Crippen molar-refractivity contribution >= 4 is 56.9 Å². The number of amides is 2. The number of nitrogens with one attached hydrogen (secondary N) is 2. The first-order valence-corrected chi connectivity index (χ1v) is 25.2. The molecule has 2 aliphatic heterocycles. The zero-order valence-corrected chi connectivity index (χ0v) is 39.9. The Morgan fingerprint density at radius 1 is 0.779 bits per heavy atom. The van der Waals surface area contributed by atoms with Crippen LogP contribution in [0, 0.1) is 5.41 Å². The Kier molecular flexibility index (Phi) is 15.9. The summed E-state index contributed by atoms with van der Waals surface area (Å²) in [6.07, 6.45) is -4.20. The smallest absolute Gasteiger partial charge is 0.338 e. The van der Waals surface area contributed by atoms with Crippen molar-refractivity contribution in [3.8, 4) is 0 Å². The van der Waals surface area contributed by atoms with Crippen LogP contribution in [0.4, 0.5) is 20.6 Å². The van der Waals surface area contributed by atoms with Gasteiger partial charge in [0.2, 0.25) is 0 Å². The number of aliphatic hydroxyl groups excluding tert-OH is 1. The maximum Gasteiger partial charge on any atom is 0.338 e. The van der Waals surface area contributed by atoms with Gasteiger partial charge in [-0.1, -0.05) is 93.4 Å². The van der Waals surface area contributed by atoms with Gasteiger partial charge in [-0.15, -0.1) is 11.8 Å². The van der Waals surface area contributed by atoms with Crippen molar-refractivity contribution in [2.45, 2.75) is 85.5 Å². The molecule has 0 unspecified atom stereocenters. The first-order chi connectivity index (χ1) is 32.6. The molecule has 0 bridgehead atoms. The lowest BCUT2D eigenvalue weighted by Crippen LogP contribution is -2.60. The molecule has 358 valence electrons. The van der Waals surface area contributed by atoms with Gasteiger partial charge < -0.3 is 34.9 Å². The van der Waals surface area contributed by atoms with Crippen molar-refractivity contribution in [1.29, 1.82) is 0 Å². The lowest BCUT2D eigenvalue weighted by molar-refractivity contribution is -0.0713. The molecule has 2 amide bonds. The van der Waals surface area contributed by atoms with Gasteiger partial charge in [-0.05, 0) is 90.7 Å². The molecule has 5 aromatic carbocycles. The van der Waals surface area contributed by atoms with Gasteiger partial charge in [0.25, 0.3) is 0 Å². The average Bonchev–Trinajstić information content (AvgIpc) is 3.41. The average molecular weight is 966 g/mol. The number of aliphatic hydroxyl groups is 1. The highest BCUT2D eigenvalue weighted by molar-refractivity contribution is 8.00. The van der Waals surface area contributed by atoms with E-state index in [1.807, 2.05) is 32.8 Å². The largest absolute Gasteiger partial charge is 0.461 e. The number of urea groups is 1. The van der Waals surface area contributed by atoms with Gasteiger partial charge in [-0.25, -0.2) is 32.0 Å². The molecule has 0 aromatic heterocycles. The molecule has 16 heteroatoms. The van der Waals surface area contributed by atoms with Gasteiger partial charge in [0.15, 0.2) is 28.2 Å². The summed E-state index contributed by atoms with van der Waals surface area (Å²) in [5.41, 5.74) is 1.46. The summed E-state index contributed by atoms with van der Waals surface area (Å²) in [7, 11) is -0.171. The van der Waals surface area contributed by atoms with E-state index in [1.165, 1.54) is 24.3 Å². The number of benzene rings is 5. The van der Waals surface area contributed by atoms with E-state index in [9.17, 15) is 32.7 Å². The number of anilines is 2. The Bertz CT molecular complexity index is 2680. The van der Waals surface area contributed by atoms with Crippen LogP contribution in [0.15, 0.2) is 138 Å². The number of carbonyl (C=O) groups excluding carboxylic acids is 4. The van der Waals surface area contributed by atoms with Gasteiger partial charge in [0, 0.05) is 36.8 Å². The number of fused-ring (bicyclic) bond motifs is 1. The van der Waals surface area contributed by atoms with E-state index in [0.717, 1.165) is 23.9 Å². The molecule has 0 radical (unpaired) electrons. The highest BCUT2D eigenvalue weighted by Gasteiger charge is 2.52. The fraction of sp³-hybridized carbons (Fsp3) is 0.346. The number of halogens is 1. The van der Waals surface area contributed by atoms with Crippen molar-refractivity contribution in [1.82, 2.24) is 5.32 Å². The van der Waals surface area contributed by atoms with E-state index in [4.69, 9.17) is 14.2 Å². The normalized spacial score (nSPS) is 24.0. The van der Waals surface area contributed by atoms with Crippen molar-refractivity contribution in [3.63, 3.8) is 0 Å². The van der Waals surface area contributed by atoms with Crippen LogP contribution in [0.25, 0.3) is 0 Å². The van der Waals surface area contributed by atoms with Crippen LogP contribution < -0.4 is 15.5 Å². The third-order valence-electron chi connectivity index (χ3n) is 12.6. The van der Waals surface area contributed by atoms with E-state index >= 15 is 4.39 Å². The van der Waals surface area contributed by atoms with Gasteiger partial charge >= 0.3 is 23.9 Å². The molecular formula is C52H56FN3O10S2. The van der Waals surface area contributed by atoms with Crippen LogP contribution in [0.1, 0.15) is 87.6 Å². The Morgan fingerprint density at radius 2 is 1.37 bits per heavy atom. The summed E-state index contributed by atoms with van der Waals surface area (Å²) in [5.74, 6) is -3.57. The zero-order valence-electron chi connectivity index (χ0n) is 38.2. The molecule has 2 heterocycles. The Balaban J connectivity index is 1.23. The summed E-state index contributed by atoms with van der Waals surface area (Å²) >= 11 is 0.834. The topological polar surface area (TPSA) is 178 Å². The number of esters is 3. The van der Waals surface area contributed by atoms with Crippen LogP contribution in [0.2, 0.25) is 0 Å². The lowest BCUT2D eigenvalue weighted by Gasteiger charge is -2.42. The zero-order chi connectivity index (χ0) is 48.6. The standard InChI is InChI=1S/C52H56FN3O10S2/c1-5-7-28-52(6-2)32-68(62,63)41-27-26-38(56(3)4)30-39(41)42(46(52)57)36-24-17-25-37(29-36)54-51(61)55-47-45(66-50(60)35-22-15-10-16-23-35)44(65-49(59)34-20-13-9-14-21-34)43(53)40(67-47)31-64-48(58)33-18-11-8-12-19-33/h8-27,29-30,40,42-47,57H,5-7,28,31-32H2,1-4H3,(H2,54,55,61)/t40-,42-,43-,44+,45-,46-,47-,52-/m1/s1. The summed E-state index contributed by atoms with van der Waals surface area (Å²) < 4.78 is 62.8. The summed E-state index contributed by atoms with van der Waals surface area (Å²) in [5, 5.41) is 15.6.